The van der Waals surface area contributed by atoms with Crippen LogP contribution >= 0.6 is 15.9 Å². The van der Waals surface area contributed by atoms with E-state index in [2.05, 4.69) is 21.2 Å². The van der Waals surface area contributed by atoms with Crippen molar-refractivity contribution in [1.29, 1.82) is 0 Å². The van der Waals surface area contributed by atoms with Crippen LogP contribution in [-0.2, 0) is 26.2 Å². The number of hydrogen-bond acceptors (Lipinski definition) is 4. The van der Waals surface area contributed by atoms with Crippen molar-refractivity contribution in [1.82, 2.24) is 10.2 Å². The Balaban J connectivity index is 2.07. The molecule has 7 nitrogen and oxygen atoms in total. The van der Waals surface area contributed by atoms with Gasteiger partial charge >= 0.3 is 0 Å². The maximum atomic E-state index is 14.1. The Morgan fingerprint density at radius 1 is 0.925 bits per heavy atom. The van der Waals surface area contributed by atoms with Crippen molar-refractivity contribution < 1.29 is 18.0 Å². The molecule has 0 bridgehead atoms. The molecule has 2 amide bonds. The van der Waals surface area contributed by atoms with E-state index in [-0.39, 0.29) is 23.4 Å². The van der Waals surface area contributed by atoms with E-state index in [4.69, 9.17) is 0 Å². The summed E-state index contributed by atoms with van der Waals surface area (Å²) in [4.78, 5) is 28.8. The molecule has 3 aromatic carbocycles. The first kappa shape index (κ1) is 31.4. The van der Waals surface area contributed by atoms with Crippen molar-refractivity contribution in [3.63, 3.8) is 0 Å². The molecule has 0 aliphatic heterocycles. The monoisotopic (exact) mass is 627 g/mol. The summed E-state index contributed by atoms with van der Waals surface area (Å²) in [6.07, 6.45) is 0.743. The van der Waals surface area contributed by atoms with Crippen LogP contribution in [0.1, 0.15) is 49.4 Å². The van der Waals surface area contributed by atoms with Crippen LogP contribution in [0.3, 0.4) is 0 Å². The molecular weight excluding hydrogens is 590 g/mol. The number of halogens is 1. The summed E-state index contributed by atoms with van der Waals surface area (Å²) in [5.41, 5.74) is 3.74. The van der Waals surface area contributed by atoms with Gasteiger partial charge in [0.1, 0.15) is 12.6 Å². The normalized spacial score (nSPS) is 12.9. The summed E-state index contributed by atoms with van der Waals surface area (Å²) in [6, 6.07) is 18.7. The molecule has 1 N–H and O–H groups in total. The molecule has 0 unspecified atom stereocenters. The SMILES string of the molecule is CC[C@@H](C)NC(=O)[C@H](C)N(Cc1cccc(Br)c1)C(=O)CN(c1cc(C)ccc1C)S(=O)(=O)c1ccc(C)cc1. The molecule has 0 aliphatic carbocycles. The fourth-order valence-electron chi connectivity index (χ4n) is 4.22. The number of carbonyl (C=O) groups excluding carboxylic acids is 2. The first-order valence-corrected chi connectivity index (χ1v) is 15.6. The lowest BCUT2D eigenvalue weighted by Crippen LogP contribution is -2.52. The molecule has 0 heterocycles. The van der Waals surface area contributed by atoms with Crippen LogP contribution in [0.25, 0.3) is 0 Å². The number of benzene rings is 3. The molecule has 0 aliphatic rings. The van der Waals surface area contributed by atoms with Gasteiger partial charge in [-0.2, -0.15) is 0 Å². The van der Waals surface area contributed by atoms with Crippen LogP contribution in [0.5, 0.6) is 0 Å². The number of nitrogens with zero attached hydrogens (tertiary/aromatic N) is 2. The van der Waals surface area contributed by atoms with Gasteiger partial charge in [0, 0.05) is 17.1 Å². The van der Waals surface area contributed by atoms with Crippen molar-refractivity contribution in [2.75, 3.05) is 10.8 Å². The topological polar surface area (TPSA) is 86.8 Å². The maximum absolute atomic E-state index is 14.1. The maximum Gasteiger partial charge on any atom is 0.264 e. The van der Waals surface area contributed by atoms with E-state index in [1.165, 1.54) is 4.90 Å². The zero-order valence-corrected chi connectivity index (χ0v) is 26.3. The lowest BCUT2D eigenvalue weighted by Gasteiger charge is -2.33. The minimum absolute atomic E-state index is 0.0638. The molecule has 3 aromatic rings. The molecule has 0 saturated carbocycles. The van der Waals surface area contributed by atoms with Gasteiger partial charge < -0.3 is 10.2 Å². The van der Waals surface area contributed by atoms with E-state index < -0.39 is 28.5 Å². The van der Waals surface area contributed by atoms with Gasteiger partial charge in [0.05, 0.1) is 10.6 Å². The van der Waals surface area contributed by atoms with E-state index in [0.29, 0.717) is 5.69 Å². The number of amides is 2. The Labute approximate surface area is 246 Å². The molecule has 9 heteroatoms. The number of hydrogen-bond donors (Lipinski definition) is 1. The van der Waals surface area contributed by atoms with Crippen LogP contribution < -0.4 is 9.62 Å². The lowest BCUT2D eigenvalue weighted by atomic mass is 10.1. The molecule has 0 radical (unpaired) electrons. The van der Waals surface area contributed by atoms with Crippen LogP contribution in [0.4, 0.5) is 5.69 Å². The third kappa shape index (κ3) is 7.73. The predicted octanol–water partition coefficient (Wildman–Crippen LogP) is 5.90. The molecule has 3 rings (SSSR count). The minimum atomic E-state index is -4.11. The summed E-state index contributed by atoms with van der Waals surface area (Å²) >= 11 is 3.47. The third-order valence-corrected chi connectivity index (χ3v) is 9.20. The van der Waals surface area contributed by atoms with E-state index >= 15 is 0 Å². The van der Waals surface area contributed by atoms with Gasteiger partial charge in [-0.05, 0) is 88.1 Å². The van der Waals surface area contributed by atoms with Gasteiger partial charge in [0.2, 0.25) is 11.8 Å². The first-order valence-electron chi connectivity index (χ1n) is 13.3. The fraction of sp³-hybridized carbons (Fsp3) is 0.355. The summed E-state index contributed by atoms with van der Waals surface area (Å²) in [5, 5.41) is 2.95. The van der Waals surface area contributed by atoms with Crippen LogP contribution in [0.15, 0.2) is 76.1 Å². The quantitative estimate of drug-likeness (QED) is 0.287. The lowest BCUT2D eigenvalue weighted by molar-refractivity contribution is -0.139. The fourth-order valence-corrected chi connectivity index (χ4v) is 6.14. The zero-order chi connectivity index (χ0) is 29.6. The standard InChI is InChI=1S/C31H38BrN3O4S/c1-7-24(5)33-31(37)25(6)34(19-26-9-8-10-27(32)18-26)30(36)20-35(29-17-22(3)11-14-23(29)4)40(38,39)28-15-12-21(2)13-16-28/h8-18,24-25H,7,19-20H2,1-6H3,(H,33,37)/t24-,25+/m1/s1. The number of sulfonamides is 1. The number of aryl methyl sites for hydroxylation is 3. The van der Waals surface area contributed by atoms with E-state index in [9.17, 15) is 18.0 Å². The molecular formula is C31H38BrN3O4S. The Morgan fingerprint density at radius 2 is 1.57 bits per heavy atom. The van der Waals surface area contributed by atoms with Crippen molar-refractivity contribution >= 4 is 43.5 Å². The number of rotatable bonds is 11. The second kappa shape index (κ2) is 13.5. The van der Waals surface area contributed by atoms with Gasteiger partial charge in [-0.3, -0.25) is 13.9 Å². The Bertz CT molecular complexity index is 1460. The Hall–Kier alpha value is -3.17. The molecule has 0 aromatic heterocycles. The Morgan fingerprint density at radius 3 is 2.20 bits per heavy atom. The van der Waals surface area contributed by atoms with Crippen molar-refractivity contribution in [3.05, 3.63) is 93.5 Å². The Kier molecular flexibility index (Phi) is 10.6. The molecule has 2 atom stereocenters. The average molecular weight is 629 g/mol. The van der Waals surface area contributed by atoms with Crippen molar-refractivity contribution in [2.24, 2.45) is 0 Å². The van der Waals surface area contributed by atoms with Gasteiger partial charge in [-0.1, -0.05) is 64.8 Å². The highest BCUT2D eigenvalue weighted by atomic mass is 79.9. The summed E-state index contributed by atoms with van der Waals surface area (Å²) in [6.45, 7) is 10.8. The number of anilines is 1. The largest absolute Gasteiger partial charge is 0.352 e. The summed E-state index contributed by atoms with van der Waals surface area (Å²) < 4.78 is 30.1. The van der Waals surface area contributed by atoms with Gasteiger partial charge in [-0.25, -0.2) is 8.42 Å². The van der Waals surface area contributed by atoms with E-state index in [1.54, 1.807) is 37.3 Å². The van der Waals surface area contributed by atoms with Crippen LogP contribution in [-0.4, -0.2) is 43.8 Å². The second-order valence-corrected chi connectivity index (χ2v) is 13.0. The smallest absolute Gasteiger partial charge is 0.264 e. The van der Waals surface area contributed by atoms with Crippen LogP contribution in [0, 0.1) is 20.8 Å². The van der Waals surface area contributed by atoms with Crippen LogP contribution in [0.2, 0.25) is 0 Å². The van der Waals surface area contributed by atoms with Crippen molar-refractivity contribution in [2.45, 2.75) is 71.5 Å². The van der Waals surface area contributed by atoms with E-state index in [0.717, 1.165) is 37.5 Å². The highest BCUT2D eigenvalue weighted by Gasteiger charge is 2.33. The highest BCUT2D eigenvalue weighted by molar-refractivity contribution is 9.10. The molecule has 40 heavy (non-hydrogen) atoms. The number of carbonyl (C=O) groups is 2. The molecule has 0 fully saturated rings. The zero-order valence-electron chi connectivity index (χ0n) is 23.9. The average Bonchev–Trinajstić information content (AvgIpc) is 2.91. The third-order valence-electron chi connectivity index (χ3n) is 6.93. The summed E-state index contributed by atoms with van der Waals surface area (Å²) in [7, 11) is -4.11. The second-order valence-electron chi connectivity index (χ2n) is 10.3. The van der Waals surface area contributed by atoms with Gasteiger partial charge in [-0.15, -0.1) is 0 Å². The molecule has 0 spiro atoms. The van der Waals surface area contributed by atoms with Crippen molar-refractivity contribution in [3.8, 4) is 0 Å². The number of nitrogens with one attached hydrogen (secondary N) is 1. The first-order chi connectivity index (χ1) is 18.8. The van der Waals surface area contributed by atoms with Gasteiger partial charge in [0.25, 0.3) is 10.0 Å². The predicted molar refractivity (Wildman–Crippen MR) is 164 cm³/mol. The minimum Gasteiger partial charge on any atom is -0.352 e. The summed E-state index contributed by atoms with van der Waals surface area (Å²) in [5.74, 6) is -0.777. The van der Waals surface area contributed by atoms with E-state index in [1.807, 2.05) is 71.0 Å². The highest BCUT2D eigenvalue weighted by Crippen LogP contribution is 2.29. The van der Waals surface area contributed by atoms with Gasteiger partial charge in [0.15, 0.2) is 0 Å². The molecule has 0 saturated heterocycles. The molecule has 214 valence electrons.